The second kappa shape index (κ2) is 4.60. The van der Waals surface area contributed by atoms with Crippen LogP contribution in [-0.4, -0.2) is 7.11 Å². The van der Waals surface area contributed by atoms with Crippen molar-refractivity contribution in [2.45, 2.75) is 0 Å². The maximum Gasteiger partial charge on any atom is 0.0743 e. The molecule has 0 heterocycles. The van der Waals surface area contributed by atoms with Crippen molar-refractivity contribution in [1.29, 1.82) is 0 Å². The van der Waals surface area contributed by atoms with E-state index in [0.717, 1.165) is 5.75 Å². The summed E-state index contributed by atoms with van der Waals surface area (Å²) in [4.78, 5) is 0. The molecule has 0 spiro atoms. The van der Waals surface area contributed by atoms with Gasteiger partial charge < -0.3 is 4.74 Å². The molecule has 1 aromatic carbocycles. The molecule has 0 N–H and O–H groups in total. The topological polar surface area (TPSA) is 9.23 Å². The van der Waals surface area contributed by atoms with Gasteiger partial charge in [0.2, 0.25) is 0 Å². The Hall–Kier alpha value is -0.266. The minimum atomic E-state index is 0. The van der Waals surface area contributed by atoms with Gasteiger partial charge in [0.25, 0.3) is 0 Å². The molecule has 9 heavy (non-hydrogen) atoms. The molecule has 0 unspecified atom stereocenters. The van der Waals surface area contributed by atoms with E-state index >= 15 is 0 Å². The van der Waals surface area contributed by atoms with Crippen molar-refractivity contribution in [3.05, 3.63) is 30.3 Å². The average Bonchev–Trinajstić information content (AvgIpc) is 1.90. The number of hydrogen-bond donors (Lipinski definition) is 0. The molecule has 0 atom stereocenters. The van der Waals surface area contributed by atoms with Gasteiger partial charge >= 0.3 is 0 Å². The van der Waals surface area contributed by atoms with Crippen LogP contribution in [0.25, 0.3) is 0 Å². The van der Waals surface area contributed by atoms with Gasteiger partial charge in [0, 0.05) is 27.5 Å². The molecule has 1 nitrogen and oxygen atoms in total. The van der Waals surface area contributed by atoms with Crippen molar-refractivity contribution < 1.29 is 26.5 Å². The average molecular weight is 155 g/mol. The van der Waals surface area contributed by atoms with Gasteiger partial charge in [0.05, 0.1) is 7.11 Å². The predicted octanol–water partition coefficient (Wildman–Crippen LogP) is 1.49. The third kappa shape index (κ3) is 2.68. The first-order valence-corrected chi connectivity index (χ1v) is 2.43. The maximum atomic E-state index is 4.89. The van der Waals surface area contributed by atoms with Crippen molar-refractivity contribution in [3.8, 4) is 5.75 Å². The number of ether oxygens (including phenoxy) is 1. The van der Waals surface area contributed by atoms with Crippen LogP contribution >= 0.6 is 0 Å². The first-order chi connectivity index (χ1) is 3.93. The Morgan fingerprint density at radius 1 is 1.33 bits per heavy atom. The summed E-state index contributed by atoms with van der Waals surface area (Å²) in [7, 11) is 1.65. The molecular weight excluding hydrogens is 148 g/mol. The second-order valence-corrected chi connectivity index (χ2v) is 1.44. The monoisotopic (exact) mass is 155 g/mol. The third-order valence-electron chi connectivity index (χ3n) is 0.923. The van der Waals surface area contributed by atoms with E-state index in [1.54, 1.807) is 7.11 Å². The summed E-state index contributed by atoms with van der Waals surface area (Å²) in [6.07, 6.45) is 0. The fourth-order valence-corrected chi connectivity index (χ4v) is 0.508. The smallest absolute Gasteiger partial charge is 0.0743 e. The van der Waals surface area contributed by atoms with Gasteiger partial charge in [0.1, 0.15) is 0 Å². The normalized spacial score (nSPS) is 7.67. The summed E-state index contributed by atoms with van der Waals surface area (Å²) >= 11 is 0. The van der Waals surface area contributed by atoms with Crippen LogP contribution in [0.1, 0.15) is 0 Å². The largest absolute Gasteiger partial charge is 0.522 e. The molecule has 2 heteroatoms. The first kappa shape index (κ1) is 8.73. The van der Waals surface area contributed by atoms with Crippen molar-refractivity contribution in [2.75, 3.05) is 7.11 Å². The van der Waals surface area contributed by atoms with Gasteiger partial charge in [-0.1, -0.05) is 0 Å². The van der Waals surface area contributed by atoms with Gasteiger partial charge in [0.15, 0.2) is 0 Å². The Morgan fingerprint density at radius 3 is 2.22 bits per heavy atom. The zero-order chi connectivity index (χ0) is 5.82. The van der Waals surface area contributed by atoms with Crippen LogP contribution < -0.4 is 4.74 Å². The summed E-state index contributed by atoms with van der Waals surface area (Å²) in [6.45, 7) is 0. The molecule has 0 fully saturated rings. The molecule has 0 aromatic heterocycles. The SMILES string of the molecule is COc1cc[c-]cc1.[Ti]. The Morgan fingerprint density at radius 2 is 1.89 bits per heavy atom. The van der Waals surface area contributed by atoms with Gasteiger partial charge in [-0.05, 0) is 0 Å². The van der Waals surface area contributed by atoms with Crippen LogP contribution in [0.2, 0.25) is 0 Å². The Kier molecular flexibility index (Phi) is 4.46. The van der Waals surface area contributed by atoms with E-state index in [-0.39, 0.29) is 21.7 Å². The summed E-state index contributed by atoms with van der Waals surface area (Å²) in [5.74, 6) is 0.878. The molecule has 0 saturated carbocycles. The van der Waals surface area contributed by atoms with Crippen LogP contribution in [0.4, 0.5) is 0 Å². The van der Waals surface area contributed by atoms with Crippen LogP contribution in [0.3, 0.4) is 0 Å². The number of hydrogen-bond acceptors (Lipinski definition) is 1. The van der Waals surface area contributed by atoms with E-state index in [1.165, 1.54) is 0 Å². The van der Waals surface area contributed by atoms with E-state index in [2.05, 4.69) is 6.07 Å². The summed E-state index contributed by atoms with van der Waals surface area (Å²) in [5, 5.41) is 0. The van der Waals surface area contributed by atoms with Crippen LogP contribution in [0, 0.1) is 6.07 Å². The molecule has 0 amide bonds. The molecule has 46 valence electrons. The van der Waals surface area contributed by atoms with Crippen molar-refractivity contribution in [1.82, 2.24) is 0 Å². The van der Waals surface area contributed by atoms with Crippen molar-refractivity contribution in [2.24, 2.45) is 0 Å². The fraction of sp³-hybridized carbons (Fsp3) is 0.143. The molecule has 0 aliphatic carbocycles. The fourth-order valence-electron chi connectivity index (χ4n) is 0.508. The van der Waals surface area contributed by atoms with Crippen LogP contribution in [0.15, 0.2) is 24.3 Å². The van der Waals surface area contributed by atoms with Gasteiger partial charge in [-0.25, -0.2) is 0 Å². The first-order valence-electron chi connectivity index (χ1n) is 2.43. The van der Waals surface area contributed by atoms with E-state index in [4.69, 9.17) is 4.74 Å². The van der Waals surface area contributed by atoms with E-state index < -0.39 is 0 Å². The molecule has 1 aromatic rings. The summed E-state index contributed by atoms with van der Waals surface area (Å²) in [5.41, 5.74) is 0. The molecule has 1 rings (SSSR count). The maximum absolute atomic E-state index is 4.89. The zero-order valence-corrected chi connectivity index (χ0v) is 6.78. The molecular formula is C7H7OTi-. The predicted molar refractivity (Wildman–Crippen MR) is 31.8 cm³/mol. The Bertz CT molecular complexity index is 150. The molecule has 0 bridgehead atoms. The quantitative estimate of drug-likeness (QED) is 0.441. The summed E-state index contributed by atoms with van der Waals surface area (Å²) < 4.78 is 4.89. The Labute approximate surface area is 69.9 Å². The van der Waals surface area contributed by atoms with Crippen LogP contribution in [-0.2, 0) is 21.7 Å². The number of methoxy groups -OCH3 is 1. The second-order valence-electron chi connectivity index (χ2n) is 1.44. The van der Waals surface area contributed by atoms with Crippen molar-refractivity contribution in [3.63, 3.8) is 0 Å². The molecule has 0 radical (unpaired) electrons. The summed E-state index contributed by atoms with van der Waals surface area (Å²) in [6, 6.07) is 10.2. The van der Waals surface area contributed by atoms with Gasteiger partial charge in [-0.3, -0.25) is 0 Å². The third-order valence-corrected chi connectivity index (χ3v) is 0.923. The van der Waals surface area contributed by atoms with Gasteiger partial charge in [-0.15, -0.1) is 12.1 Å². The number of rotatable bonds is 1. The molecule has 0 saturated heterocycles. The number of benzene rings is 1. The minimum Gasteiger partial charge on any atom is -0.522 e. The molecule has 0 aliphatic rings. The van der Waals surface area contributed by atoms with Crippen LogP contribution in [0.5, 0.6) is 5.75 Å². The van der Waals surface area contributed by atoms with E-state index in [9.17, 15) is 0 Å². The van der Waals surface area contributed by atoms with E-state index in [0.29, 0.717) is 0 Å². The van der Waals surface area contributed by atoms with E-state index in [1.807, 2.05) is 24.3 Å². The van der Waals surface area contributed by atoms with Crippen molar-refractivity contribution >= 4 is 0 Å². The Balaban J connectivity index is 0.000000640. The van der Waals surface area contributed by atoms with Gasteiger partial charge in [-0.2, -0.15) is 18.2 Å². The minimum absolute atomic E-state index is 0. The molecule has 0 aliphatic heterocycles. The standard InChI is InChI=1S/C7H7O.Ti/c1-8-7-5-3-2-4-6-7;/h3-6H,1H3;/q-1;. The zero-order valence-electron chi connectivity index (χ0n) is 5.22.